The van der Waals surface area contributed by atoms with Gasteiger partial charge in [-0.05, 0) is 50.6 Å². The maximum Gasteiger partial charge on any atom is 0.180 e. The highest BCUT2D eigenvalue weighted by molar-refractivity contribution is 6.32. The van der Waals surface area contributed by atoms with Gasteiger partial charge in [-0.2, -0.15) is 0 Å². The molecule has 148 valence electrons. The average molecular weight is 396 g/mol. The molecule has 0 aliphatic heterocycles. The third-order valence-corrected chi connectivity index (χ3v) is 4.18. The molecule has 0 atom stereocenters. The summed E-state index contributed by atoms with van der Waals surface area (Å²) >= 11 is 6.37. The average Bonchev–Trinajstić information content (AvgIpc) is 2.64. The van der Waals surface area contributed by atoms with Crippen molar-refractivity contribution < 1.29 is 18.6 Å². The molecule has 6 heteroatoms. The molecule has 0 aromatic heterocycles. The monoisotopic (exact) mass is 395 g/mol. The molecule has 2 aromatic carbocycles. The zero-order chi connectivity index (χ0) is 19.6. The number of rotatable bonds is 11. The van der Waals surface area contributed by atoms with Crippen LogP contribution in [0.4, 0.5) is 4.39 Å². The minimum atomic E-state index is -0.310. The molecule has 0 saturated heterocycles. The highest BCUT2D eigenvalue weighted by Gasteiger charge is 2.13. The van der Waals surface area contributed by atoms with E-state index in [1.54, 1.807) is 25.3 Å². The molecule has 0 heterocycles. The van der Waals surface area contributed by atoms with Crippen molar-refractivity contribution in [2.45, 2.75) is 39.5 Å². The van der Waals surface area contributed by atoms with Gasteiger partial charge in [0, 0.05) is 18.7 Å². The largest absolute Gasteiger partial charge is 0.493 e. The fourth-order valence-corrected chi connectivity index (χ4v) is 2.82. The highest BCUT2D eigenvalue weighted by atomic mass is 35.5. The highest BCUT2D eigenvalue weighted by Crippen LogP contribution is 2.37. The summed E-state index contributed by atoms with van der Waals surface area (Å²) in [7, 11) is 1.56. The summed E-state index contributed by atoms with van der Waals surface area (Å²) in [4.78, 5) is 0. The van der Waals surface area contributed by atoms with E-state index in [1.807, 2.05) is 26.0 Å². The Labute approximate surface area is 165 Å². The molecule has 0 amide bonds. The lowest BCUT2D eigenvalue weighted by Gasteiger charge is -2.15. The summed E-state index contributed by atoms with van der Waals surface area (Å²) < 4.78 is 30.4. The molecule has 1 N–H and O–H groups in total. The van der Waals surface area contributed by atoms with E-state index in [4.69, 9.17) is 25.8 Å². The summed E-state index contributed by atoms with van der Waals surface area (Å²) in [6.45, 7) is 6.37. The van der Waals surface area contributed by atoms with E-state index in [9.17, 15) is 4.39 Å². The van der Waals surface area contributed by atoms with E-state index in [0.29, 0.717) is 28.6 Å². The first-order valence-electron chi connectivity index (χ1n) is 9.06. The Morgan fingerprint density at radius 2 is 1.96 bits per heavy atom. The number of halogens is 2. The molecule has 4 nitrogen and oxygen atoms in total. The van der Waals surface area contributed by atoms with Gasteiger partial charge < -0.3 is 19.5 Å². The summed E-state index contributed by atoms with van der Waals surface area (Å²) in [5.41, 5.74) is 1.45. The zero-order valence-corrected chi connectivity index (χ0v) is 16.8. The third kappa shape index (κ3) is 7.01. The molecular formula is C21H27ClFNO3. The molecule has 0 bridgehead atoms. The van der Waals surface area contributed by atoms with Gasteiger partial charge in [0.25, 0.3) is 0 Å². The summed E-state index contributed by atoms with van der Waals surface area (Å²) in [6, 6.07) is 10.2. The van der Waals surface area contributed by atoms with Crippen LogP contribution >= 0.6 is 11.6 Å². The van der Waals surface area contributed by atoms with Crippen LogP contribution in [0.25, 0.3) is 0 Å². The van der Waals surface area contributed by atoms with E-state index in [0.717, 1.165) is 25.1 Å². The predicted molar refractivity (Wildman–Crippen MR) is 106 cm³/mol. The number of nitrogens with one attached hydrogen (secondary N) is 1. The Hall–Kier alpha value is -1.82. The fraction of sp³-hybridized carbons (Fsp3) is 0.429. The summed E-state index contributed by atoms with van der Waals surface area (Å²) in [5.74, 6) is 0.630. The van der Waals surface area contributed by atoms with Crippen molar-refractivity contribution in [3.63, 3.8) is 0 Å². The van der Waals surface area contributed by atoms with Crippen LogP contribution in [-0.4, -0.2) is 26.4 Å². The standard InChI is InChI=1S/C21H27ClFNO3/c1-15(2)26-10-6-9-24-13-16-11-18(22)21(20(12-16)25-3)27-14-17-7-4-5-8-19(17)23/h4-5,7-8,11-12,15,24H,6,9-10,13-14H2,1-3H3. The lowest BCUT2D eigenvalue weighted by Crippen LogP contribution is -2.17. The van der Waals surface area contributed by atoms with E-state index >= 15 is 0 Å². The van der Waals surface area contributed by atoms with Crippen LogP contribution < -0.4 is 14.8 Å². The second-order valence-corrected chi connectivity index (χ2v) is 6.85. The van der Waals surface area contributed by atoms with E-state index in [2.05, 4.69) is 5.32 Å². The summed E-state index contributed by atoms with van der Waals surface area (Å²) in [6.07, 6.45) is 1.19. The SMILES string of the molecule is COc1cc(CNCCCOC(C)C)cc(Cl)c1OCc1ccccc1F. The topological polar surface area (TPSA) is 39.7 Å². The lowest BCUT2D eigenvalue weighted by atomic mass is 10.2. The van der Waals surface area contributed by atoms with Crippen LogP contribution in [0.15, 0.2) is 36.4 Å². The minimum absolute atomic E-state index is 0.0796. The van der Waals surface area contributed by atoms with Crippen LogP contribution in [0.3, 0.4) is 0 Å². The van der Waals surface area contributed by atoms with Gasteiger partial charge in [0.15, 0.2) is 11.5 Å². The molecule has 2 aromatic rings. The molecule has 0 aliphatic carbocycles. The number of hydrogen-bond acceptors (Lipinski definition) is 4. The smallest absolute Gasteiger partial charge is 0.180 e. The van der Waals surface area contributed by atoms with Gasteiger partial charge in [-0.25, -0.2) is 4.39 Å². The Balaban J connectivity index is 1.93. The second-order valence-electron chi connectivity index (χ2n) is 6.44. The normalized spacial score (nSPS) is 11.0. The fourth-order valence-electron chi connectivity index (χ4n) is 2.53. The van der Waals surface area contributed by atoms with Gasteiger partial charge in [-0.15, -0.1) is 0 Å². The van der Waals surface area contributed by atoms with Crippen LogP contribution in [0, 0.1) is 5.82 Å². The maximum absolute atomic E-state index is 13.8. The molecule has 0 unspecified atom stereocenters. The van der Waals surface area contributed by atoms with Crippen LogP contribution in [-0.2, 0) is 17.9 Å². The molecule has 2 rings (SSSR count). The molecular weight excluding hydrogens is 369 g/mol. The Morgan fingerprint density at radius 1 is 1.19 bits per heavy atom. The van der Waals surface area contributed by atoms with E-state index < -0.39 is 0 Å². The molecule has 0 aliphatic rings. The first kappa shape index (κ1) is 21.5. The van der Waals surface area contributed by atoms with Crippen LogP contribution in [0.2, 0.25) is 5.02 Å². The molecule has 0 spiro atoms. The van der Waals surface area contributed by atoms with Crippen molar-refractivity contribution >= 4 is 11.6 Å². The lowest BCUT2D eigenvalue weighted by molar-refractivity contribution is 0.0770. The van der Waals surface area contributed by atoms with Gasteiger partial charge >= 0.3 is 0 Å². The van der Waals surface area contributed by atoms with Crippen molar-refractivity contribution in [2.24, 2.45) is 0 Å². The number of benzene rings is 2. The van der Waals surface area contributed by atoms with Crippen LogP contribution in [0.1, 0.15) is 31.4 Å². The second kappa shape index (κ2) is 11.1. The van der Waals surface area contributed by atoms with Crippen LogP contribution in [0.5, 0.6) is 11.5 Å². The number of methoxy groups -OCH3 is 1. The Bertz CT molecular complexity index is 725. The maximum atomic E-state index is 13.8. The van der Waals surface area contributed by atoms with Gasteiger partial charge in [-0.3, -0.25) is 0 Å². The van der Waals surface area contributed by atoms with Gasteiger partial charge in [-0.1, -0.05) is 29.8 Å². The molecule has 0 radical (unpaired) electrons. The summed E-state index contributed by atoms with van der Waals surface area (Å²) in [5, 5.41) is 3.79. The molecule has 27 heavy (non-hydrogen) atoms. The Kier molecular flexibility index (Phi) is 8.85. The third-order valence-electron chi connectivity index (χ3n) is 3.90. The van der Waals surface area contributed by atoms with Gasteiger partial charge in [0.05, 0.1) is 18.2 Å². The minimum Gasteiger partial charge on any atom is -0.493 e. The first-order valence-corrected chi connectivity index (χ1v) is 9.44. The van der Waals surface area contributed by atoms with E-state index in [1.165, 1.54) is 6.07 Å². The molecule has 0 fully saturated rings. The quantitative estimate of drug-likeness (QED) is 0.545. The molecule has 0 saturated carbocycles. The number of ether oxygens (including phenoxy) is 3. The van der Waals surface area contributed by atoms with Crippen molar-refractivity contribution in [3.05, 3.63) is 58.4 Å². The predicted octanol–water partition coefficient (Wildman–Crippen LogP) is 4.97. The Morgan fingerprint density at radius 3 is 2.67 bits per heavy atom. The first-order chi connectivity index (χ1) is 13.0. The van der Waals surface area contributed by atoms with Gasteiger partial charge in [0.2, 0.25) is 0 Å². The zero-order valence-electron chi connectivity index (χ0n) is 16.1. The van der Waals surface area contributed by atoms with Crippen molar-refractivity contribution in [3.8, 4) is 11.5 Å². The van der Waals surface area contributed by atoms with Crippen molar-refractivity contribution in [2.75, 3.05) is 20.3 Å². The van der Waals surface area contributed by atoms with Gasteiger partial charge in [0.1, 0.15) is 12.4 Å². The number of hydrogen-bond donors (Lipinski definition) is 1. The van der Waals surface area contributed by atoms with Crippen molar-refractivity contribution in [1.82, 2.24) is 5.32 Å². The van der Waals surface area contributed by atoms with E-state index in [-0.39, 0.29) is 18.5 Å². The van der Waals surface area contributed by atoms with Crippen molar-refractivity contribution in [1.29, 1.82) is 0 Å².